The molecule has 0 amide bonds. The SMILES string of the molecule is CC[C@H](O)Cn1nc(CCSC)nc1-c1ccc2[nH]ccc2c1. The second-order valence-corrected chi connectivity index (χ2v) is 6.60. The maximum Gasteiger partial charge on any atom is 0.158 e. The van der Waals surface area contributed by atoms with E-state index < -0.39 is 6.10 Å². The van der Waals surface area contributed by atoms with Gasteiger partial charge in [0.2, 0.25) is 0 Å². The van der Waals surface area contributed by atoms with Crippen LogP contribution in [0.15, 0.2) is 30.5 Å². The molecule has 3 rings (SSSR count). The molecule has 0 aliphatic carbocycles. The first-order valence-electron chi connectivity index (χ1n) is 7.89. The van der Waals surface area contributed by atoms with E-state index in [9.17, 15) is 5.11 Å². The fraction of sp³-hybridized carbons (Fsp3) is 0.412. The Morgan fingerprint density at radius 1 is 1.35 bits per heavy atom. The lowest BCUT2D eigenvalue weighted by atomic mass is 10.1. The summed E-state index contributed by atoms with van der Waals surface area (Å²) in [5.41, 5.74) is 2.14. The van der Waals surface area contributed by atoms with Gasteiger partial charge in [0.25, 0.3) is 0 Å². The number of aromatic amines is 1. The van der Waals surface area contributed by atoms with Crippen molar-refractivity contribution in [3.05, 3.63) is 36.3 Å². The van der Waals surface area contributed by atoms with E-state index in [2.05, 4.69) is 40.6 Å². The molecule has 1 aromatic carbocycles. The van der Waals surface area contributed by atoms with Gasteiger partial charge in [-0.3, -0.25) is 0 Å². The van der Waals surface area contributed by atoms with Crippen LogP contribution in [0, 0.1) is 0 Å². The Morgan fingerprint density at radius 3 is 3.00 bits per heavy atom. The molecule has 23 heavy (non-hydrogen) atoms. The van der Waals surface area contributed by atoms with Crippen molar-refractivity contribution in [1.82, 2.24) is 19.7 Å². The summed E-state index contributed by atoms with van der Waals surface area (Å²) in [7, 11) is 0. The van der Waals surface area contributed by atoms with Gasteiger partial charge in [-0.1, -0.05) is 6.92 Å². The number of aliphatic hydroxyl groups excluding tert-OH is 1. The van der Waals surface area contributed by atoms with Crippen LogP contribution < -0.4 is 0 Å². The molecule has 0 saturated heterocycles. The highest BCUT2D eigenvalue weighted by Crippen LogP contribution is 2.23. The Morgan fingerprint density at radius 2 is 2.22 bits per heavy atom. The Kier molecular flexibility index (Phi) is 5.03. The molecule has 0 aliphatic rings. The van der Waals surface area contributed by atoms with Gasteiger partial charge < -0.3 is 10.1 Å². The van der Waals surface area contributed by atoms with Crippen LogP contribution in [0.1, 0.15) is 19.2 Å². The van der Waals surface area contributed by atoms with Crippen LogP contribution >= 0.6 is 11.8 Å². The van der Waals surface area contributed by atoms with Crippen molar-refractivity contribution >= 4 is 22.7 Å². The standard InChI is InChI=1S/C17H22N4OS/c1-3-14(22)11-21-17(19-16(20-21)7-9-23-2)13-4-5-15-12(10-13)6-8-18-15/h4-6,8,10,14,18,22H,3,7,9,11H2,1-2H3/t14-/m0/s1. The number of H-pyrrole nitrogens is 1. The molecule has 6 heteroatoms. The second kappa shape index (κ2) is 7.19. The summed E-state index contributed by atoms with van der Waals surface area (Å²) in [5.74, 6) is 2.67. The third-order valence-electron chi connectivity index (χ3n) is 3.91. The molecule has 0 fully saturated rings. The summed E-state index contributed by atoms with van der Waals surface area (Å²) in [6, 6.07) is 8.27. The Labute approximate surface area is 140 Å². The number of rotatable bonds is 7. The normalized spacial score (nSPS) is 12.8. The van der Waals surface area contributed by atoms with Crippen LogP contribution in [0.25, 0.3) is 22.3 Å². The van der Waals surface area contributed by atoms with Crippen molar-refractivity contribution in [3.63, 3.8) is 0 Å². The lowest BCUT2D eigenvalue weighted by Gasteiger charge is -2.10. The zero-order chi connectivity index (χ0) is 16.2. The fourth-order valence-corrected chi connectivity index (χ4v) is 2.94. The zero-order valence-corrected chi connectivity index (χ0v) is 14.3. The van der Waals surface area contributed by atoms with Crippen molar-refractivity contribution in [2.24, 2.45) is 0 Å². The molecule has 0 radical (unpaired) electrons. The number of hydrogen-bond acceptors (Lipinski definition) is 4. The molecule has 0 unspecified atom stereocenters. The van der Waals surface area contributed by atoms with Crippen LogP contribution in [0.2, 0.25) is 0 Å². The molecule has 0 spiro atoms. The third kappa shape index (κ3) is 3.59. The molecular formula is C17H22N4OS. The smallest absolute Gasteiger partial charge is 0.158 e. The lowest BCUT2D eigenvalue weighted by Crippen LogP contribution is -2.16. The molecule has 2 N–H and O–H groups in total. The maximum absolute atomic E-state index is 10.0. The zero-order valence-electron chi connectivity index (χ0n) is 13.5. The first-order valence-corrected chi connectivity index (χ1v) is 9.29. The summed E-state index contributed by atoms with van der Waals surface area (Å²) < 4.78 is 1.84. The van der Waals surface area contributed by atoms with Crippen molar-refractivity contribution in [3.8, 4) is 11.4 Å². The van der Waals surface area contributed by atoms with Crippen LogP contribution in [-0.4, -0.2) is 43.0 Å². The molecule has 0 saturated carbocycles. The molecule has 2 heterocycles. The Hall–Kier alpha value is -1.79. The van der Waals surface area contributed by atoms with Crippen molar-refractivity contribution < 1.29 is 5.11 Å². The van der Waals surface area contributed by atoms with Gasteiger partial charge in [-0.2, -0.15) is 16.9 Å². The van der Waals surface area contributed by atoms with Crippen molar-refractivity contribution in [1.29, 1.82) is 0 Å². The van der Waals surface area contributed by atoms with Gasteiger partial charge in [0.1, 0.15) is 0 Å². The van der Waals surface area contributed by atoms with Gasteiger partial charge in [0.05, 0.1) is 12.6 Å². The van der Waals surface area contributed by atoms with Gasteiger partial charge in [0, 0.05) is 34.8 Å². The lowest BCUT2D eigenvalue weighted by molar-refractivity contribution is 0.145. The summed E-state index contributed by atoms with van der Waals surface area (Å²) >= 11 is 1.79. The first kappa shape index (κ1) is 16.1. The average molecular weight is 330 g/mol. The maximum atomic E-state index is 10.0. The van der Waals surface area contributed by atoms with Gasteiger partial charge in [-0.25, -0.2) is 9.67 Å². The highest BCUT2D eigenvalue weighted by Gasteiger charge is 2.15. The quantitative estimate of drug-likeness (QED) is 0.698. The minimum atomic E-state index is -0.403. The van der Waals surface area contributed by atoms with E-state index in [1.165, 1.54) is 0 Å². The molecule has 122 valence electrons. The molecule has 0 aliphatic heterocycles. The number of nitrogens with zero attached hydrogens (tertiary/aromatic N) is 3. The Bertz CT molecular complexity index is 780. The van der Waals surface area contributed by atoms with E-state index in [-0.39, 0.29) is 0 Å². The van der Waals surface area contributed by atoms with E-state index in [1.807, 2.05) is 17.8 Å². The first-order chi connectivity index (χ1) is 11.2. The number of aromatic nitrogens is 4. The number of hydrogen-bond donors (Lipinski definition) is 2. The topological polar surface area (TPSA) is 66.7 Å². The summed E-state index contributed by atoms with van der Waals surface area (Å²) in [6.07, 6.45) is 5.16. The minimum Gasteiger partial charge on any atom is -0.391 e. The van der Waals surface area contributed by atoms with Gasteiger partial charge in [0.15, 0.2) is 11.6 Å². The van der Waals surface area contributed by atoms with E-state index in [4.69, 9.17) is 4.98 Å². The van der Waals surface area contributed by atoms with E-state index in [0.29, 0.717) is 13.0 Å². The van der Waals surface area contributed by atoms with E-state index in [0.717, 1.165) is 40.3 Å². The molecule has 3 aromatic rings. The monoisotopic (exact) mass is 330 g/mol. The summed E-state index contributed by atoms with van der Waals surface area (Å²) in [4.78, 5) is 7.92. The number of fused-ring (bicyclic) bond motifs is 1. The molecule has 5 nitrogen and oxygen atoms in total. The van der Waals surface area contributed by atoms with Crippen molar-refractivity contribution in [2.75, 3.05) is 12.0 Å². The highest BCUT2D eigenvalue weighted by atomic mass is 32.2. The van der Waals surface area contributed by atoms with E-state index >= 15 is 0 Å². The predicted molar refractivity (Wildman–Crippen MR) is 95.7 cm³/mol. The van der Waals surface area contributed by atoms with Crippen LogP contribution in [0.3, 0.4) is 0 Å². The predicted octanol–water partition coefficient (Wildman–Crippen LogP) is 3.10. The van der Waals surface area contributed by atoms with Crippen molar-refractivity contribution in [2.45, 2.75) is 32.4 Å². The number of thioether (sulfide) groups is 1. The van der Waals surface area contributed by atoms with Crippen LogP contribution in [0.5, 0.6) is 0 Å². The highest BCUT2D eigenvalue weighted by molar-refractivity contribution is 7.98. The molecule has 1 atom stereocenters. The summed E-state index contributed by atoms with van der Waals surface area (Å²) in [6.45, 7) is 2.45. The van der Waals surface area contributed by atoms with Gasteiger partial charge in [-0.15, -0.1) is 0 Å². The molecular weight excluding hydrogens is 308 g/mol. The Balaban J connectivity index is 1.98. The van der Waals surface area contributed by atoms with Gasteiger partial charge >= 0.3 is 0 Å². The van der Waals surface area contributed by atoms with Crippen LogP contribution in [0.4, 0.5) is 0 Å². The minimum absolute atomic E-state index is 0.403. The number of aryl methyl sites for hydroxylation is 1. The van der Waals surface area contributed by atoms with Gasteiger partial charge in [-0.05, 0) is 36.9 Å². The van der Waals surface area contributed by atoms with E-state index in [1.54, 1.807) is 11.8 Å². The molecule has 2 aromatic heterocycles. The average Bonchev–Trinajstić information content (AvgIpc) is 3.18. The summed E-state index contributed by atoms with van der Waals surface area (Å²) in [5, 5.41) is 15.8. The number of aliphatic hydroxyl groups is 1. The third-order valence-corrected chi connectivity index (χ3v) is 4.52. The fourth-order valence-electron chi connectivity index (χ4n) is 2.55. The number of benzene rings is 1. The molecule has 0 bridgehead atoms. The second-order valence-electron chi connectivity index (χ2n) is 5.62. The largest absolute Gasteiger partial charge is 0.391 e. The number of nitrogens with one attached hydrogen (secondary N) is 1. The van der Waals surface area contributed by atoms with Crippen LogP contribution in [-0.2, 0) is 13.0 Å².